The van der Waals surface area contributed by atoms with E-state index in [2.05, 4.69) is 21.2 Å². The zero-order valence-corrected chi connectivity index (χ0v) is 11.7. The number of halogens is 1. The van der Waals surface area contributed by atoms with E-state index in [1.165, 1.54) is 0 Å². The van der Waals surface area contributed by atoms with Crippen molar-refractivity contribution in [2.45, 2.75) is 26.3 Å². The van der Waals surface area contributed by atoms with Crippen LogP contribution >= 0.6 is 15.9 Å². The van der Waals surface area contributed by atoms with Gasteiger partial charge in [0.05, 0.1) is 5.56 Å². The molecular formula is C13H18BrNO2. The first-order chi connectivity index (χ1) is 8.06. The second-order valence-corrected chi connectivity index (χ2v) is 5.17. The van der Waals surface area contributed by atoms with Crippen LogP contribution in [0.2, 0.25) is 0 Å². The van der Waals surface area contributed by atoms with Gasteiger partial charge in [-0.05, 0) is 40.4 Å². The summed E-state index contributed by atoms with van der Waals surface area (Å²) in [6, 6.07) is 7.31. The largest absolute Gasteiger partial charge is 0.396 e. The topological polar surface area (TPSA) is 49.3 Å². The smallest absolute Gasteiger partial charge is 0.252 e. The van der Waals surface area contributed by atoms with Gasteiger partial charge in [-0.2, -0.15) is 0 Å². The number of benzene rings is 1. The first kappa shape index (κ1) is 14.2. The lowest BCUT2D eigenvalue weighted by Crippen LogP contribution is -2.39. The van der Waals surface area contributed by atoms with Gasteiger partial charge >= 0.3 is 0 Å². The number of carbonyl (C=O) groups is 1. The molecule has 0 aliphatic rings. The third kappa shape index (κ3) is 4.13. The molecule has 1 aromatic carbocycles. The van der Waals surface area contributed by atoms with Gasteiger partial charge in [-0.15, -0.1) is 0 Å². The maximum Gasteiger partial charge on any atom is 0.252 e. The third-order valence-electron chi connectivity index (χ3n) is 2.68. The van der Waals surface area contributed by atoms with E-state index in [1.807, 2.05) is 32.0 Å². The number of aliphatic hydroxyl groups excluding tert-OH is 1. The molecule has 1 aromatic rings. The number of nitrogens with one attached hydrogen (secondary N) is 1. The number of amides is 1. The van der Waals surface area contributed by atoms with E-state index in [1.54, 1.807) is 6.07 Å². The van der Waals surface area contributed by atoms with Gasteiger partial charge < -0.3 is 10.4 Å². The number of carbonyl (C=O) groups excluding carboxylic acids is 1. The first-order valence-electron chi connectivity index (χ1n) is 5.72. The van der Waals surface area contributed by atoms with E-state index in [0.29, 0.717) is 17.9 Å². The number of hydrogen-bond acceptors (Lipinski definition) is 2. The quantitative estimate of drug-likeness (QED) is 0.878. The Morgan fingerprint density at radius 3 is 2.59 bits per heavy atom. The van der Waals surface area contributed by atoms with Crippen LogP contribution in [0.15, 0.2) is 28.7 Å². The SMILES string of the molecule is CC(C)C(CCO)NC(=O)c1ccccc1Br. The fourth-order valence-electron chi connectivity index (χ4n) is 1.60. The maximum absolute atomic E-state index is 12.0. The maximum atomic E-state index is 12.0. The predicted octanol–water partition coefficient (Wildman–Crippen LogP) is 2.59. The van der Waals surface area contributed by atoms with Crippen LogP contribution in [-0.2, 0) is 0 Å². The molecule has 94 valence electrons. The lowest BCUT2D eigenvalue weighted by atomic mass is 10.0. The number of hydrogen-bond donors (Lipinski definition) is 2. The summed E-state index contributed by atoms with van der Waals surface area (Å²) in [5.41, 5.74) is 0.621. The molecule has 4 heteroatoms. The summed E-state index contributed by atoms with van der Waals surface area (Å²) in [4.78, 5) is 12.0. The molecule has 0 saturated carbocycles. The Hall–Kier alpha value is -0.870. The van der Waals surface area contributed by atoms with Crippen molar-refractivity contribution in [2.75, 3.05) is 6.61 Å². The Morgan fingerprint density at radius 1 is 1.41 bits per heavy atom. The van der Waals surface area contributed by atoms with E-state index in [0.717, 1.165) is 4.47 Å². The minimum absolute atomic E-state index is 0.000365. The molecule has 0 aromatic heterocycles. The van der Waals surface area contributed by atoms with E-state index in [4.69, 9.17) is 5.11 Å². The van der Waals surface area contributed by atoms with Crippen LogP contribution in [0, 0.1) is 5.92 Å². The Balaban J connectivity index is 2.74. The molecule has 0 radical (unpaired) electrons. The van der Waals surface area contributed by atoms with Crippen LogP contribution < -0.4 is 5.32 Å². The lowest BCUT2D eigenvalue weighted by molar-refractivity contribution is 0.0916. The van der Waals surface area contributed by atoms with Crippen molar-refractivity contribution in [3.63, 3.8) is 0 Å². The van der Waals surface area contributed by atoms with Gasteiger partial charge in [-0.1, -0.05) is 26.0 Å². The number of rotatable bonds is 5. The average Bonchev–Trinajstić information content (AvgIpc) is 2.28. The fourth-order valence-corrected chi connectivity index (χ4v) is 2.07. The average molecular weight is 300 g/mol. The van der Waals surface area contributed by atoms with Crippen molar-refractivity contribution in [3.8, 4) is 0 Å². The molecule has 1 unspecified atom stereocenters. The Labute approximate surface area is 110 Å². The van der Waals surface area contributed by atoms with Gasteiger partial charge in [0.1, 0.15) is 0 Å². The molecule has 0 saturated heterocycles. The predicted molar refractivity (Wildman–Crippen MR) is 71.9 cm³/mol. The molecule has 1 rings (SSSR count). The monoisotopic (exact) mass is 299 g/mol. The second-order valence-electron chi connectivity index (χ2n) is 4.32. The van der Waals surface area contributed by atoms with Crippen LogP contribution in [0.5, 0.6) is 0 Å². The zero-order chi connectivity index (χ0) is 12.8. The van der Waals surface area contributed by atoms with E-state index >= 15 is 0 Å². The zero-order valence-electron chi connectivity index (χ0n) is 10.1. The molecule has 0 aliphatic heterocycles. The van der Waals surface area contributed by atoms with Gasteiger partial charge in [-0.25, -0.2) is 0 Å². The molecule has 2 N–H and O–H groups in total. The van der Waals surface area contributed by atoms with Crippen molar-refractivity contribution in [1.82, 2.24) is 5.32 Å². The van der Waals surface area contributed by atoms with E-state index < -0.39 is 0 Å². The van der Waals surface area contributed by atoms with Gasteiger partial charge in [0, 0.05) is 17.1 Å². The normalized spacial score (nSPS) is 12.5. The van der Waals surface area contributed by atoms with Crippen LogP contribution in [0.1, 0.15) is 30.6 Å². The van der Waals surface area contributed by atoms with Crippen molar-refractivity contribution in [1.29, 1.82) is 0 Å². The second kappa shape index (κ2) is 6.77. The van der Waals surface area contributed by atoms with E-state index in [9.17, 15) is 4.79 Å². The minimum Gasteiger partial charge on any atom is -0.396 e. The molecule has 0 spiro atoms. The summed E-state index contributed by atoms with van der Waals surface area (Å²) < 4.78 is 0.781. The van der Waals surface area contributed by atoms with Crippen LogP contribution in [-0.4, -0.2) is 23.7 Å². The molecular weight excluding hydrogens is 282 g/mol. The number of aliphatic hydroxyl groups is 1. The van der Waals surface area contributed by atoms with Gasteiger partial charge in [0.15, 0.2) is 0 Å². The van der Waals surface area contributed by atoms with Crippen molar-refractivity contribution in [3.05, 3.63) is 34.3 Å². The third-order valence-corrected chi connectivity index (χ3v) is 3.37. The molecule has 0 bridgehead atoms. The Bertz CT molecular complexity index is 379. The van der Waals surface area contributed by atoms with Gasteiger partial charge in [0.25, 0.3) is 5.91 Å². The molecule has 3 nitrogen and oxygen atoms in total. The highest BCUT2D eigenvalue weighted by Gasteiger charge is 2.17. The van der Waals surface area contributed by atoms with Crippen LogP contribution in [0.25, 0.3) is 0 Å². The van der Waals surface area contributed by atoms with Crippen LogP contribution in [0.3, 0.4) is 0 Å². The lowest BCUT2D eigenvalue weighted by Gasteiger charge is -2.21. The molecule has 0 heterocycles. The minimum atomic E-state index is -0.107. The van der Waals surface area contributed by atoms with E-state index in [-0.39, 0.29) is 18.6 Å². The summed E-state index contributed by atoms with van der Waals surface area (Å²) in [6.07, 6.45) is 0.577. The highest BCUT2D eigenvalue weighted by molar-refractivity contribution is 9.10. The molecule has 1 amide bonds. The molecule has 0 aliphatic carbocycles. The van der Waals surface area contributed by atoms with Crippen LogP contribution in [0.4, 0.5) is 0 Å². The highest BCUT2D eigenvalue weighted by atomic mass is 79.9. The summed E-state index contributed by atoms with van der Waals surface area (Å²) >= 11 is 3.35. The van der Waals surface area contributed by atoms with Crippen molar-refractivity contribution < 1.29 is 9.90 Å². The first-order valence-corrected chi connectivity index (χ1v) is 6.51. The van der Waals surface area contributed by atoms with Crippen molar-refractivity contribution >= 4 is 21.8 Å². The van der Waals surface area contributed by atoms with Crippen molar-refractivity contribution in [2.24, 2.45) is 5.92 Å². The fraction of sp³-hybridized carbons (Fsp3) is 0.462. The summed E-state index contributed by atoms with van der Waals surface area (Å²) in [5.74, 6) is 0.193. The summed E-state index contributed by atoms with van der Waals surface area (Å²) in [7, 11) is 0. The molecule has 1 atom stereocenters. The standard InChI is InChI=1S/C13H18BrNO2/c1-9(2)12(7-8-16)15-13(17)10-5-3-4-6-11(10)14/h3-6,9,12,16H,7-8H2,1-2H3,(H,15,17). The highest BCUT2D eigenvalue weighted by Crippen LogP contribution is 2.16. The molecule has 17 heavy (non-hydrogen) atoms. The summed E-state index contributed by atoms with van der Waals surface area (Å²) in [5, 5.41) is 11.9. The summed E-state index contributed by atoms with van der Waals surface area (Å²) in [6.45, 7) is 4.14. The Morgan fingerprint density at radius 2 is 2.06 bits per heavy atom. The van der Waals surface area contributed by atoms with Gasteiger partial charge in [-0.3, -0.25) is 4.79 Å². The van der Waals surface area contributed by atoms with Gasteiger partial charge in [0.2, 0.25) is 0 Å². The Kier molecular flexibility index (Phi) is 5.65. The molecule has 0 fully saturated rings.